The molecule has 1 aliphatic heterocycles. The molecule has 1 aliphatic rings. The van der Waals surface area contributed by atoms with Crippen LogP contribution in [0, 0.1) is 0 Å². The van der Waals surface area contributed by atoms with Gasteiger partial charge in [0, 0.05) is 23.7 Å². The minimum atomic E-state index is -0.296. The third-order valence-electron chi connectivity index (χ3n) is 2.58. The van der Waals surface area contributed by atoms with Gasteiger partial charge in [0.2, 0.25) is 0 Å². The van der Waals surface area contributed by atoms with Gasteiger partial charge < -0.3 is 9.73 Å². The molecule has 0 radical (unpaired) electrons. The lowest BCUT2D eigenvalue weighted by atomic mass is 10.1. The summed E-state index contributed by atoms with van der Waals surface area (Å²) >= 11 is 0. The van der Waals surface area contributed by atoms with E-state index in [0.29, 0.717) is 5.58 Å². The summed E-state index contributed by atoms with van der Waals surface area (Å²) in [6, 6.07) is 7.16. The Morgan fingerprint density at radius 3 is 3.07 bits per heavy atom. The fourth-order valence-electron chi connectivity index (χ4n) is 1.93. The summed E-state index contributed by atoms with van der Waals surface area (Å²) in [7, 11) is 0. The predicted molar refractivity (Wildman–Crippen MR) is 54.7 cm³/mol. The lowest BCUT2D eigenvalue weighted by molar-refractivity contribution is 0.561. The minimum Gasteiger partial charge on any atom is -0.423 e. The van der Waals surface area contributed by atoms with E-state index >= 15 is 0 Å². The maximum atomic E-state index is 11.0. The van der Waals surface area contributed by atoms with Crippen LogP contribution in [0.1, 0.15) is 5.56 Å². The Labute approximate surface area is 80.4 Å². The molecule has 0 amide bonds. The molecule has 0 aliphatic carbocycles. The van der Waals surface area contributed by atoms with Crippen LogP contribution < -0.4 is 10.9 Å². The number of hydrogen-bond acceptors (Lipinski definition) is 3. The van der Waals surface area contributed by atoms with Crippen molar-refractivity contribution in [3.05, 3.63) is 40.2 Å². The van der Waals surface area contributed by atoms with Crippen LogP contribution in [0.3, 0.4) is 0 Å². The Balaban J connectivity index is 2.44. The first-order valence-corrected chi connectivity index (χ1v) is 4.64. The molecule has 0 spiro atoms. The van der Waals surface area contributed by atoms with Crippen molar-refractivity contribution in [2.45, 2.75) is 6.42 Å². The maximum absolute atomic E-state index is 11.0. The number of nitrogens with one attached hydrogen (secondary N) is 1. The molecule has 0 unspecified atom stereocenters. The van der Waals surface area contributed by atoms with Crippen LogP contribution in [0.5, 0.6) is 0 Å². The Morgan fingerprint density at radius 2 is 2.14 bits per heavy atom. The molecule has 0 bridgehead atoms. The molecule has 1 aromatic heterocycles. The van der Waals surface area contributed by atoms with Crippen molar-refractivity contribution in [3.8, 4) is 0 Å². The normalized spacial score (nSPS) is 14.0. The van der Waals surface area contributed by atoms with E-state index in [1.807, 2.05) is 18.2 Å². The highest BCUT2D eigenvalue weighted by atomic mass is 16.4. The van der Waals surface area contributed by atoms with E-state index in [9.17, 15) is 4.79 Å². The first-order chi connectivity index (χ1) is 6.84. The number of hydrogen-bond donors (Lipinski definition) is 1. The van der Waals surface area contributed by atoms with Crippen LogP contribution in [-0.4, -0.2) is 6.54 Å². The zero-order chi connectivity index (χ0) is 9.54. The Morgan fingerprint density at radius 1 is 1.21 bits per heavy atom. The third kappa shape index (κ3) is 0.954. The summed E-state index contributed by atoms with van der Waals surface area (Å²) < 4.78 is 5.09. The molecule has 2 aromatic rings. The highest BCUT2D eigenvalue weighted by Gasteiger charge is 2.13. The standard InChI is InChI=1S/C11H9NO2/c13-10-4-2-8-9(14-10)3-1-7-5-6-12-11(7)8/h1-4,12H,5-6H2. The molecule has 1 aromatic carbocycles. The van der Waals surface area contributed by atoms with Crippen molar-refractivity contribution in [2.24, 2.45) is 0 Å². The van der Waals surface area contributed by atoms with Gasteiger partial charge in [-0.25, -0.2) is 4.79 Å². The molecule has 0 atom stereocenters. The van der Waals surface area contributed by atoms with Crippen LogP contribution in [0.15, 0.2) is 33.5 Å². The zero-order valence-electron chi connectivity index (χ0n) is 7.54. The molecule has 14 heavy (non-hydrogen) atoms. The predicted octanol–water partition coefficient (Wildman–Crippen LogP) is 1.76. The quantitative estimate of drug-likeness (QED) is 0.639. The second kappa shape index (κ2) is 2.61. The van der Waals surface area contributed by atoms with Gasteiger partial charge in [0.05, 0.1) is 0 Å². The molecular formula is C11H9NO2. The van der Waals surface area contributed by atoms with Crippen LogP contribution in [0.2, 0.25) is 0 Å². The van der Waals surface area contributed by atoms with Gasteiger partial charge in [-0.15, -0.1) is 0 Å². The van der Waals surface area contributed by atoms with Crippen molar-refractivity contribution in [1.29, 1.82) is 0 Å². The Kier molecular flexibility index (Phi) is 1.42. The fraction of sp³-hybridized carbons (Fsp3) is 0.182. The monoisotopic (exact) mass is 187 g/mol. The molecule has 0 saturated heterocycles. The van der Waals surface area contributed by atoms with Crippen molar-refractivity contribution < 1.29 is 4.42 Å². The van der Waals surface area contributed by atoms with Crippen LogP contribution >= 0.6 is 0 Å². The minimum absolute atomic E-state index is 0.296. The molecule has 3 nitrogen and oxygen atoms in total. The van der Waals surface area contributed by atoms with E-state index in [-0.39, 0.29) is 5.63 Å². The molecule has 2 heterocycles. The number of rotatable bonds is 0. The second-order valence-corrected chi connectivity index (χ2v) is 3.44. The van der Waals surface area contributed by atoms with Gasteiger partial charge in [0.25, 0.3) is 0 Å². The zero-order valence-corrected chi connectivity index (χ0v) is 7.54. The molecule has 0 fully saturated rings. The van der Waals surface area contributed by atoms with Crippen LogP contribution in [0.25, 0.3) is 11.0 Å². The lowest BCUT2D eigenvalue weighted by Gasteiger charge is -2.03. The second-order valence-electron chi connectivity index (χ2n) is 3.44. The van der Waals surface area contributed by atoms with Crippen molar-refractivity contribution in [3.63, 3.8) is 0 Å². The highest BCUT2D eigenvalue weighted by molar-refractivity contribution is 5.92. The van der Waals surface area contributed by atoms with E-state index in [2.05, 4.69) is 5.32 Å². The van der Waals surface area contributed by atoms with Gasteiger partial charge in [-0.05, 0) is 24.1 Å². The van der Waals surface area contributed by atoms with Gasteiger partial charge in [-0.3, -0.25) is 0 Å². The summed E-state index contributed by atoms with van der Waals surface area (Å²) in [5.74, 6) is 0. The van der Waals surface area contributed by atoms with E-state index in [1.165, 1.54) is 11.6 Å². The number of anilines is 1. The van der Waals surface area contributed by atoms with Crippen molar-refractivity contribution in [1.82, 2.24) is 0 Å². The molecule has 70 valence electrons. The summed E-state index contributed by atoms with van der Waals surface area (Å²) in [6.07, 6.45) is 1.05. The van der Waals surface area contributed by atoms with Crippen LogP contribution in [-0.2, 0) is 6.42 Å². The summed E-state index contributed by atoms with van der Waals surface area (Å²) in [5, 5.41) is 4.30. The van der Waals surface area contributed by atoms with Crippen LogP contribution in [0.4, 0.5) is 5.69 Å². The van der Waals surface area contributed by atoms with Gasteiger partial charge in [-0.1, -0.05) is 6.07 Å². The molecule has 3 heteroatoms. The largest absolute Gasteiger partial charge is 0.423 e. The Bertz CT molecular complexity index is 557. The summed E-state index contributed by atoms with van der Waals surface area (Å²) in [5.41, 5.74) is 2.78. The molecule has 1 N–H and O–H groups in total. The molecular weight excluding hydrogens is 178 g/mol. The number of benzene rings is 1. The fourth-order valence-corrected chi connectivity index (χ4v) is 1.93. The summed E-state index contributed by atoms with van der Waals surface area (Å²) in [6.45, 7) is 0.966. The van der Waals surface area contributed by atoms with E-state index in [4.69, 9.17) is 4.42 Å². The third-order valence-corrected chi connectivity index (χ3v) is 2.58. The maximum Gasteiger partial charge on any atom is 0.336 e. The van der Waals surface area contributed by atoms with Crippen molar-refractivity contribution in [2.75, 3.05) is 11.9 Å². The van der Waals surface area contributed by atoms with Gasteiger partial charge in [0.15, 0.2) is 0 Å². The van der Waals surface area contributed by atoms with Gasteiger partial charge in [-0.2, -0.15) is 0 Å². The van der Waals surface area contributed by atoms with Gasteiger partial charge in [0.1, 0.15) is 5.58 Å². The van der Waals surface area contributed by atoms with E-state index in [1.54, 1.807) is 0 Å². The van der Waals surface area contributed by atoms with Gasteiger partial charge >= 0.3 is 5.63 Å². The highest BCUT2D eigenvalue weighted by Crippen LogP contribution is 2.30. The molecule has 3 rings (SSSR count). The average molecular weight is 187 g/mol. The topological polar surface area (TPSA) is 42.2 Å². The van der Waals surface area contributed by atoms with Crippen molar-refractivity contribution >= 4 is 16.7 Å². The molecule has 0 saturated carbocycles. The van der Waals surface area contributed by atoms with E-state index < -0.39 is 0 Å². The number of fused-ring (bicyclic) bond motifs is 3. The SMILES string of the molecule is O=c1ccc2c3c(ccc2o1)CCN3. The lowest BCUT2D eigenvalue weighted by Crippen LogP contribution is -1.96. The first kappa shape index (κ1) is 7.62. The smallest absolute Gasteiger partial charge is 0.336 e. The van der Waals surface area contributed by atoms with E-state index in [0.717, 1.165) is 24.0 Å². The average Bonchev–Trinajstić information content (AvgIpc) is 2.65. The summed E-state index contributed by atoms with van der Waals surface area (Å²) in [4.78, 5) is 11.0. The first-order valence-electron chi connectivity index (χ1n) is 4.64. The Hall–Kier alpha value is -1.77.